The highest BCUT2D eigenvalue weighted by Gasteiger charge is 2.40. The summed E-state index contributed by atoms with van der Waals surface area (Å²) in [5, 5.41) is 3.13. The average molecular weight is 247 g/mol. The van der Waals surface area contributed by atoms with Crippen LogP contribution in [-0.4, -0.2) is 18.0 Å². The number of rotatable bonds is 3. The Morgan fingerprint density at radius 2 is 2.00 bits per heavy atom. The van der Waals surface area contributed by atoms with Gasteiger partial charge in [-0.1, -0.05) is 20.3 Å². The van der Waals surface area contributed by atoms with Gasteiger partial charge in [0.05, 0.1) is 6.04 Å². The van der Waals surface area contributed by atoms with Gasteiger partial charge < -0.3 is 11.1 Å². The molecule has 0 radical (unpaired) electrons. The van der Waals surface area contributed by atoms with Gasteiger partial charge >= 0.3 is 0 Å². The molecule has 0 aromatic heterocycles. The first-order chi connectivity index (χ1) is 7.08. The van der Waals surface area contributed by atoms with Crippen LogP contribution in [0.1, 0.15) is 39.5 Å². The third-order valence-corrected chi connectivity index (χ3v) is 4.09. The molecule has 16 heavy (non-hydrogen) atoms. The maximum absolute atomic E-state index is 11.8. The Labute approximate surface area is 104 Å². The van der Waals surface area contributed by atoms with E-state index in [1.165, 1.54) is 25.7 Å². The van der Waals surface area contributed by atoms with Crippen molar-refractivity contribution in [2.75, 3.05) is 0 Å². The van der Waals surface area contributed by atoms with Gasteiger partial charge in [0, 0.05) is 6.04 Å². The first-order valence-electron chi connectivity index (χ1n) is 6.14. The number of halogens is 1. The van der Waals surface area contributed by atoms with Crippen LogP contribution in [0.25, 0.3) is 0 Å². The van der Waals surface area contributed by atoms with E-state index in [9.17, 15) is 4.79 Å². The SMILES string of the molecule is CC(C)C(N)C(=O)NC1CC2CCC1C2.Cl. The summed E-state index contributed by atoms with van der Waals surface area (Å²) < 4.78 is 0. The fourth-order valence-electron chi connectivity index (χ4n) is 3.00. The summed E-state index contributed by atoms with van der Waals surface area (Å²) in [6.45, 7) is 3.98. The maximum atomic E-state index is 11.8. The summed E-state index contributed by atoms with van der Waals surface area (Å²) in [5.41, 5.74) is 5.82. The molecule has 2 aliphatic carbocycles. The van der Waals surface area contributed by atoms with Gasteiger partial charge in [0.2, 0.25) is 5.91 Å². The van der Waals surface area contributed by atoms with E-state index in [2.05, 4.69) is 5.32 Å². The fraction of sp³-hybridized carbons (Fsp3) is 0.917. The zero-order valence-electron chi connectivity index (χ0n) is 10.1. The van der Waals surface area contributed by atoms with E-state index in [0.29, 0.717) is 6.04 Å². The van der Waals surface area contributed by atoms with Crippen molar-refractivity contribution < 1.29 is 4.79 Å². The first-order valence-corrected chi connectivity index (χ1v) is 6.14. The third kappa shape index (κ3) is 2.69. The van der Waals surface area contributed by atoms with Crippen LogP contribution in [0.5, 0.6) is 0 Å². The van der Waals surface area contributed by atoms with Crippen LogP contribution in [0.3, 0.4) is 0 Å². The molecule has 2 rings (SSSR count). The van der Waals surface area contributed by atoms with Crippen LogP contribution in [0.2, 0.25) is 0 Å². The van der Waals surface area contributed by atoms with E-state index >= 15 is 0 Å². The van der Waals surface area contributed by atoms with Crippen molar-refractivity contribution in [3.63, 3.8) is 0 Å². The molecule has 4 unspecified atom stereocenters. The normalized spacial score (nSPS) is 33.6. The van der Waals surface area contributed by atoms with Crippen LogP contribution in [-0.2, 0) is 4.79 Å². The van der Waals surface area contributed by atoms with Crippen molar-refractivity contribution in [3.8, 4) is 0 Å². The summed E-state index contributed by atoms with van der Waals surface area (Å²) in [6, 6.07) is 0.0742. The van der Waals surface area contributed by atoms with E-state index in [4.69, 9.17) is 5.73 Å². The molecule has 0 spiro atoms. The molecule has 3 N–H and O–H groups in total. The molecule has 2 aliphatic rings. The number of nitrogens with two attached hydrogens (primary N) is 1. The van der Waals surface area contributed by atoms with E-state index in [1.54, 1.807) is 0 Å². The van der Waals surface area contributed by atoms with Crippen LogP contribution < -0.4 is 11.1 Å². The number of hydrogen-bond donors (Lipinski definition) is 2. The van der Waals surface area contributed by atoms with Gasteiger partial charge in [0.25, 0.3) is 0 Å². The molecule has 4 atom stereocenters. The minimum atomic E-state index is -0.343. The van der Waals surface area contributed by atoms with Gasteiger partial charge in [-0.3, -0.25) is 4.79 Å². The Kier molecular flexibility index (Phi) is 4.62. The lowest BCUT2D eigenvalue weighted by atomic mass is 9.94. The second-order valence-electron chi connectivity index (χ2n) is 5.56. The number of nitrogens with one attached hydrogen (secondary N) is 1. The van der Waals surface area contributed by atoms with Gasteiger partial charge in [-0.2, -0.15) is 0 Å². The molecule has 0 saturated heterocycles. The number of carbonyl (C=O) groups is 1. The molecule has 2 bridgehead atoms. The van der Waals surface area contributed by atoms with Crippen LogP contribution in [0.4, 0.5) is 0 Å². The predicted molar refractivity (Wildman–Crippen MR) is 67.4 cm³/mol. The van der Waals surface area contributed by atoms with Gasteiger partial charge in [0.1, 0.15) is 0 Å². The lowest BCUT2D eigenvalue weighted by molar-refractivity contribution is -0.124. The Bertz CT molecular complexity index is 257. The Hall–Kier alpha value is -0.280. The second-order valence-corrected chi connectivity index (χ2v) is 5.56. The zero-order valence-corrected chi connectivity index (χ0v) is 10.9. The number of fused-ring (bicyclic) bond motifs is 2. The van der Waals surface area contributed by atoms with Gasteiger partial charge in [0.15, 0.2) is 0 Å². The van der Waals surface area contributed by atoms with E-state index in [-0.39, 0.29) is 30.3 Å². The molecule has 4 heteroatoms. The van der Waals surface area contributed by atoms with Crippen molar-refractivity contribution in [1.82, 2.24) is 5.32 Å². The molecule has 3 nitrogen and oxygen atoms in total. The molecule has 0 aliphatic heterocycles. The van der Waals surface area contributed by atoms with E-state index in [0.717, 1.165) is 11.8 Å². The predicted octanol–water partition coefficient (Wildman–Crippen LogP) is 1.70. The van der Waals surface area contributed by atoms with E-state index < -0.39 is 0 Å². The minimum absolute atomic E-state index is 0. The zero-order chi connectivity index (χ0) is 11.0. The molecule has 0 heterocycles. The van der Waals surface area contributed by atoms with Crippen LogP contribution >= 0.6 is 12.4 Å². The quantitative estimate of drug-likeness (QED) is 0.797. The summed E-state index contributed by atoms with van der Waals surface area (Å²) in [7, 11) is 0. The van der Waals surface area contributed by atoms with Crippen molar-refractivity contribution in [3.05, 3.63) is 0 Å². The minimum Gasteiger partial charge on any atom is -0.352 e. The number of hydrogen-bond acceptors (Lipinski definition) is 2. The monoisotopic (exact) mass is 246 g/mol. The van der Waals surface area contributed by atoms with Crippen LogP contribution in [0.15, 0.2) is 0 Å². The summed E-state index contributed by atoms with van der Waals surface area (Å²) in [6.07, 6.45) is 5.17. The molecule has 2 fully saturated rings. The third-order valence-electron chi connectivity index (χ3n) is 4.09. The molecular formula is C12H23ClN2O. The van der Waals surface area contributed by atoms with Gasteiger partial charge in [-0.15, -0.1) is 12.4 Å². The van der Waals surface area contributed by atoms with Crippen LogP contribution in [0, 0.1) is 17.8 Å². The van der Waals surface area contributed by atoms with E-state index in [1.807, 2.05) is 13.8 Å². The first kappa shape index (κ1) is 13.8. The number of amides is 1. The maximum Gasteiger partial charge on any atom is 0.237 e. The molecule has 0 aromatic rings. The highest BCUT2D eigenvalue weighted by Crippen LogP contribution is 2.44. The van der Waals surface area contributed by atoms with Gasteiger partial charge in [-0.05, 0) is 37.0 Å². The lowest BCUT2D eigenvalue weighted by Crippen LogP contribution is -2.49. The van der Waals surface area contributed by atoms with Crippen molar-refractivity contribution in [2.24, 2.45) is 23.5 Å². The summed E-state index contributed by atoms with van der Waals surface area (Å²) >= 11 is 0. The molecular weight excluding hydrogens is 224 g/mol. The highest BCUT2D eigenvalue weighted by atomic mass is 35.5. The summed E-state index contributed by atoms with van der Waals surface area (Å²) in [4.78, 5) is 11.8. The Morgan fingerprint density at radius 3 is 2.44 bits per heavy atom. The molecule has 94 valence electrons. The largest absolute Gasteiger partial charge is 0.352 e. The van der Waals surface area contributed by atoms with Crippen molar-refractivity contribution in [1.29, 1.82) is 0 Å². The molecule has 2 saturated carbocycles. The Balaban J connectivity index is 0.00000128. The standard InChI is InChI=1S/C12H22N2O.ClH/c1-7(2)11(13)12(15)14-10-6-8-3-4-9(10)5-8;/h7-11H,3-6,13H2,1-2H3,(H,14,15);1H. The smallest absolute Gasteiger partial charge is 0.237 e. The van der Waals surface area contributed by atoms with Crippen molar-refractivity contribution >= 4 is 18.3 Å². The molecule has 1 amide bonds. The van der Waals surface area contributed by atoms with Gasteiger partial charge in [-0.25, -0.2) is 0 Å². The fourth-order valence-corrected chi connectivity index (χ4v) is 3.00. The molecule has 0 aromatic carbocycles. The highest BCUT2D eigenvalue weighted by molar-refractivity contribution is 5.85. The van der Waals surface area contributed by atoms with Crippen molar-refractivity contribution in [2.45, 2.75) is 51.6 Å². The summed E-state index contributed by atoms with van der Waals surface area (Å²) in [5.74, 6) is 1.88. The lowest BCUT2D eigenvalue weighted by Gasteiger charge is -2.25. The Morgan fingerprint density at radius 1 is 1.31 bits per heavy atom. The average Bonchev–Trinajstić information content (AvgIpc) is 2.77. The second kappa shape index (κ2) is 5.37. The number of carbonyl (C=O) groups excluding carboxylic acids is 1. The topological polar surface area (TPSA) is 55.1 Å².